The van der Waals surface area contributed by atoms with E-state index in [-0.39, 0.29) is 6.10 Å². The number of nitrogens with one attached hydrogen (secondary N) is 1. The van der Waals surface area contributed by atoms with Crippen LogP contribution in [0.3, 0.4) is 0 Å². The number of imidazole rings is 1. The SMILES string of the molecule is CCn1ccnc1NC1CCOC1C. The first-order valence-electron chi connectivity index (χ1n) is 5.20. The topological polar surface area (TPSA) is 39.1 Å². The second-order valence-corrected chi connectivity index (χ2v) is 3.65. The van der Waals surface area contributed by atoms with E-state index < -0.39 is 0 Å². The van der Waals surface area contributed by atoms with E-state index in [1.54, 1.807) is 0 Å². The number of ether oxygens (including phenoxy) is 1. The number of rotatable bonds is 3. The molecule has 0 amide bonds. The van der Waals surface area contributed by atoms with Crippen LogP contribution < -0.4 is 5.32 Å². The molecule has 2 atom stereocenters. The summed E-state index contributed by atoms with van der Waals surface area (Å²) in [5, 5.41) is 3.42. The number of anilines is 1. The van der Waals surface area contributed by atoms with Crippen LogP contribution in [0.15, 0.2) is 12.4 Å². The summed E-state index contributed by atoms with van der Waals surface area (Å²) < 4.78 is 7.59. The van der Waals surface area contributed by atoms with Crippen LogP contribution in [0.4, 0.5) is 5.95 Å². The van der Waals surface area contributed by atoms with Gasteiger partial charge in [0, 0.05) is 25.5 Å². The zero-order valence-electron chi connectivity index (χ0n) is 8.73. The van der Waals surface area contributed by atoms with Crippen LogP contribution in [0.1, 0.15) is 20.3 Å². The van der Waals surface area contributed by atoms with E-state index in [1.165, 1.54) is 0 Å². The third-order valence-electron chi connectivity index (χ3n) is 2.75. The molecule has 0 bridgehead atoms. The van der Waals surface area contributed by atoms with Gasteiger partial charge in [0.05, 0.1) is 12.1 Å². The number of aryl methyl sites for hydroxylation is 1. The Morgan fingerprint density at radius 1 is 1.71 bits per heavy atom. The van der Waals surface area contributed by atoms with E-state index in [9.17, 15) is 0 Å². The van der Waals surface area contributed by atoms with Crippen molar-refractivity contribution < 1.29 is 4.74 Å². The van der Waals surface area contributed by atoms with Crippen molar-refractivity contribution in [2.45, 2.75) is 39.0 Å². The van der Waals surface area contributed by atoms with Crippen molar-refractivity contribution >= 4 is 5.95 Å². The van der Waals surface area contributed by atoms with Gasteiger partial charge in [-0.1, -0.05) is 0 Å². The first kappa shape index (κ1) is 9.52. The smallest absolute Gasteiger partial charge is 0.203 e. The maximum absolute atomic E-state index is 5.49. The van der Waals surface area contributed by atoms with E-state index in [0.717, 1.165) is 25.5 Å². The fraction of sp³-hybridized carbons (Fsp3) is 0.700. The molecule has 4 nitrogen and oxygen atoms in total. The molecular formula is C10H17N3O. The molecule has 1 aromatic rings. The van der Waals surface area contributed by atoms with Crippen molar-refractivity contribution in [3.63, 3.8) is 0 Å². The monoisotopic (exact) mass is 195 g/mol. The molecule has 0 spiro atoms. The Labute approximate surface area is 84.3 Å². The second-order valence-electron chi connectivity index (χ2n) is 3.65. The van der Waals surface area contributed by atoms with Crippen molar-refractivity contribution in [3.8, 4) is 0 Å². The summed E-state index contributed by atoms with van der Waals surface area (Å²) in [5.74, 6) is 0.954. The lowest BCUT2D eigenvalue weighted by Crippen LogP contribution is -2.28. The molecule has 1 aliphatic heterocycles. The predicted molar refractivity (Wildman–Crippen MR) is 55.3 cm³/mol. The third kappa shape index (κ3) is 1.75. The summed E-state index contributed by atoms with van der Waals surface area (Å²) in [6, 6.07) is 0.405. The predicted octanol–water partition coefficient (Wildman–Crippen LogP) is 1.49. The van der Waals surface area contributed by atoms with Gasteiger partial charge in [-0.2, -0.15) is 0 Å². The summed E-state index contributed by atoms with van der Waals surface area (Å²) in [6.07, 6.45) is 5.17. The average molecular weight is 195 g/mol. The molecule has 2 rings (SSSR count). The lowest BCUT2D eigenvalue weighted by molar-refractivity contribution is 0.121. The normalized spacial score (nSPS) is 26.7. The van der Waals surface area contributed by atoms with Crippen molar-refractivity contribution in [2.75, 3.05) is 11.9 Å². The first-order valence-corrected chi connectivity index (χ1v) is 5.20. The standard InChI is InChI=1S/C10H17N3O/c1-3-13-6-5-11-10(13)12-9-4-7-14-8(9)2/h5-6,8-9H,3-4,7H2,1-2H3,(H,11,12). The minimum absolute atomic E-state index is 0.289. The Balaban J connectivity index is 2.02. The average Bonchev–Trinajstić information content (AvgIpc) is 2.77. The van der Waals surface area contributed by atoms with Crippen molar-refractivity contribution in [1.82, 2.24) is 9.55 Å². The number of nitrogens with zero attached hydrogens (tertiary/aromatic N) is 2. The fourth-order valence-electron chi connectivity index (χ4n) is 1.79. The van der Waals surface area contributed by atoms with Crippen molar-refractivity contribution in [3.05, 3.63) is 12.4 Å². The Kier molecular flexibility index (Phi) is 2.72. The quantitative estimate of drug-likeness (QED) is 0.794. The molecule has 1 aliphatic rings. The summed E-state index contributed by atoms with van der Waals surface area (Å²) in [4.78, 5) is 4.28. The maximum Gasteiger partial charge on any atom is 0.203 e. The summed E-state index contributed by atoms with van der Waals surface area (Å²) in [7, 11) is 0. The van der Waals surface area contributed by atoms with Gasteiger partial charge in [-0.25, -0.2) is 4.98 Å². The second kappa shape index (κ2) is 4.00. The van der Waals surface area contributed by atoms with Gasteiger partial charge in [0.15, 0.2) is 0 Å². The summed E-state index contributed by atoms with van der Waals surface area (Å²) >= 11 is 0. The molecule has 1 saturated heterocycles. The van der Waals surface area contributed by atoms with Gasteiger partial charge in [0.25, 0.3) is 0 Å². The fourth-order valence-corrected chi connectivity index (χ4v) is 1.79. The van der Waals surface area contributed by atoms with Crippen LogP contribution in [-0.4, -0.2) is 28.3 Å². The lowest BCUT2D eigenvalue weighted by Gasteiger charge is -2.17. The van der Waals surface area contributed by atoms with E-state index in [0.29, 0.717) is 6.04 Å². The number of hydrogen-bond donors (Lipinski definition) is 1. The Morgan fingerprint density at radius 3 is 3.21 bits per heavy atom. The Morgan fingerprint density at radius 2 is 2.57 bits per heavy atom. The maximum atomic E-state index is 5.49. The molecule has 0 aliphatic carbocycles. The van der Waals surface area contributed by atoms with Crippen molar-refractivity contribution in [2.24, 2.45) is 0 Å². The molecule has 0 radical (unpaired) electrons. The minimum Gasteiger partial charge on any atom is -0.376 e. The third-order valence-corrected chi connectivity index (χ3v) is 2.75. The van der Waals surface area contributed by atoms with Crippen LogP contribution >= 0.6 is 0 Å². The highest BCUT2D eigenvalue weighted by Crippen LogP contribution is 2.17. The van der Waals surface area contributed by atoms with Gasteiger partial charge in [0.1, 0.15) is 0 Å². The van der Waals surface area contributed by atoms with Gasteiger partial charge in [-0.15, -0.1) is 0 Å². The molecule has 4 heteroatoms. The van der Waals surface area contributed by atoms with Crippen LogP contribution in [0, 0.1) is 0 Å². The lowest BCUT2D eigenvalue weighted by atomic mass is 10.2. The van der Waals surface area contributed by atoms with Gasteiger partial charge in [0.2, 0.25) is 5.95 Å². The Bertz CT molecular complexity index is 297. The zero-order valence-corrected chi connectivity index (χ0v) is 8.73. The van der Waals surface area contributed by atoms with Gasteiger partial charge < -0.3 is 14.6 Å². The molecule has 1 N–H and O–H groups in total. The molecule has 0 aromatic carbocycles. The van der Waals surface area contributed by atoms with E-state index >= 15 is 0 Å². The molecule has 78 valence electrons. The summed E-state index contributed by atoms with van der Waals surface area (Å²) in [6.45, 7) is 6.02. The van der Waals surface area contributed by atoms with Crippen LogP contribution in [0.2, 0.25) is 0 Å². The molecule has 1 fully saturated rings. The van der Waals surface area contributed by atoms with Crippen LogP contribution in [0.5, 0.6) is 0 Å². The van der Waals surface area contributed by atoms with E-state index in [1.807, 2.05) is 12.4 Å². The molecular weight excluding hydrogens is 178 g/mol. The molecule has 14 heavy (non-hydrogen) atoms. The van der Waals surface area contributed by atoms with Crippen LogP contribution in [0.25, 0.3) is 0 Å². The highest BCUT2D eigenvalue weighted by atomic mass is 16.5. The highest BCUT2D eigenvalue weighted by Gasteiger charge is 2.24. The summed E-state index contributed by atoms with van der Waals surface area (Å²) in [5.41, 5.74) is 0. The minimum atomic E-state index is 0.289. The van der Waals surface area contributed by atoms with Crippen molar-refractivity contribution in [1.29, 1.82) is 0 Å². The number of aromatic nitrogens is 2. The largest absolute Gasteiger partial charge is 0.376 e. The van der Waals surface area contributed by atoms with Gasteiger partial charge >= 0.3 is 0 Å². The van der Waals surface area contributed by atoms with Gasteiger partial charge in [-0.05, 0) is 20.3 Å². The van der Waals surface area contributed by atoms with Crippen LogP contribution in [-0.2, 0) is 11.3 Å². The van der Waals surface area contributed by atoms with E-state index in [2.05, 4.69) is 28.7 Å². The number of hydrogen-bond acceptors (Lipinski definition) is 3. The Hall–Kier alpha value is -1.03. The molecule has 0 saturated carbocycles. The molecule has 2 unspecified atom stereocenters. The van der Waals surface area contributed by atoms with Gasteiger partial charge in [-0.3, -0.25) is 0 Å². The zero-order chi connectivity index (χ0) is 9.97. The molecule has 2 heterocycles. The first-order chi connectivity index (χ1) is 6.81. The van der Waals surface area contributed by atoms with E-state index in [4.69, 9.17) is 4.74 Å². The molecule has 1 aromatic heterocycles. The highest BCUT2D eigenvalue weighted by molar-refractivity contribution is 5.28.